The van der Waals surface area contributed by atoms with Gasteiger partial charge in [0, 0.05) is 66.5 Å². The van der Waals surface area contributed by atoms with Crippen LogP contribution in [-0.2, 0) is 28.7 Å². The van der Waals surface area contributed by atoms with Crippen molar-refractivity contribution in [3.8, 4) is 22.3 Å². The minimum atomic E-state index is -0.959. The summed E-state index contributed by atoms with van der Waals surface area (Å²) in [4.78, 5) is 81.4. The van der Waals surface area contributed by atoms with E-state index in [0.29, 0.717) is 18.4 Å². The van der Waals surface area contributed by atoms with Crippen molar-refractivity contribution in [3.63, 3.8) is 0 Å². The van der Waals surface area contributed by atoms with Crippen molar-refractivity contribution in [2.75, 3.05) is 14.2 Å². The first-order chi connectivity index (χ1) is 34.5. The van der Waals surface area contributed by atoms with Gasteiger partial charge in [-0.25, -0.2) is 4.79 Å². The molecule has 0 saturated carbocycles. The number of carbonyl (C=O) groups is 4. The van der Waals surface area contributed by atoms with Crippen LogP contribution in [0.4, 0.5) is 0 Å². The average molecular weight is 1010 g/mol. The van der Waals surface area contributed by atoms with E-state index in [4.69, 9.17) is 15.6 Å². The third-order valence-electron chi connectivity index (χ3n) is 12.3. The molecule has 0 saturated heterocycles. The lowest BCUT2D eigenvalue weighted by Crippen LogP contribution is -2.40. The molecule has 4 aromatic heterocycles. The van der Waals surface area contributed by atoms with E-state index in [1.165, 1.54) is 46.6 Å². The molecule has 0 aliphatic rings. The Balaban J connectivity index is 0.000000321. The van der Waals surface area contributed by atoms with E-state index in [2.05, 4.69) is 46.0 Å². The van der Waals surface area contributed by atoms with Crippen molar-refractivity contribution >= 4 is 23.8 Å². The highest BCUT2D eigenvalue weighted by atomic mass is 16.5. The molecule has 396 valence electrons. The largest absolute Gasteiger partial charge is 0.480 e. The molecule has 2 aromatic carbocycles. The molecule has 0 fully saturated rings. The monoisotopic (exact) mass is 1010 g/mol. The number of nitrogens with zero attached hydrogens (tertiary/aromatic N) is 4. The van der Waals surface area contributed by atoms with Gasteiger partial charge >= 0.3 is 17.9 Å². The second kappa shape index (κ2) is 28.7. The van der Waals surface area contributed by atoms with Gasteiger partial charge in [0.05, 0.1) is 33.1 Å². The van der Waals surface area contributed by atoms with Gasteiger partial charge in [-0.3, -0.25) is 33.9 Å². The normalized spacial score (nSPS) is 12.4. The molecule has 4 heterocycles. The van der Waals surface area contributed by atoms with Crippen LogP contribution < -0.4 is 22.2 Å². The van der Waals surface area contributed by atoms with Crippen LogP contribution in [0.15, 0.2) is 120 Å². The fourth-order valence-electron chi connectivity index (χ4n) is 8.54. The lowest BCUT2D eigenvalue weighted by atomic mass is 9.94. The molecule has 0 aliphatic carbocycles. The summed E-state index contributed by atoms with van der Waals surface area (Å²) < 4.78 is 12.3. The van der Waals surface area contributed by atoms with Crippen LogP contribution >= 0.6 is 0 Å². The first kappa shape index (κ1) is 60.8. The fourth-order valence-corrected chi connectivity index (χ4v) is 8.54. The number of carboxylic acid groups (broad SMARTS) is 1. The summed E-state index contributed by atoms with van der Waals surface area (Å²) in [5.41, 5.74) is 17.5. The number of nitrogens with two attached hydrogens (primary N) is 1. The van der Waals surface area contributed by atoms with Crippen LogP contribution in [0.25, 0.3) is 22.3 Å². The third-order valence-corrected chi connectivity index (χ3v) is 12.3. The number of aromatic nitrogens is 4. The Kier molecular flexibility index (Phi) is 23.5. The topological polar surface area (TPSA) is 215 Å². The maximum absolute atomic E-state index is 13.6. The van der Waals surface area contributed by atoms with Gasteiger partial charge in [-0.2, -0.15) is 0 Å². The van der Waals surface area contributed by atoms with Crippen LogP contribution in [0.2, 0.25) is 0 Å². The molecule has 15 nitrogen and oxygen atoms in total. The third kappa shape index (κ3) is 17.3. The lowest BCUT2D eigenvalue weighted by Gasteiger charge is -2.25. The summed E-state index contributed by atoms with van der Waals surface area (Å²) >= 11 is 0. The Labute approximate surface area is 436 Å². The number of aliphatic carboxylic acids is 1. The molecule has 1 amide bonds. The van der Waals surface area contributed by atoms with Crippen molar-refractivity contribution in [1.82, 2.24) is 24.4 Å². The first-order valence-electron chi connectivity index (χ1n) is 24.4. The number of rotatable bonds is 17. The van der Waals surface area contributed by atoms with Crippen LogP contribution in [0, 0.1) is 53.4 Å². The van der Waals surface area contributed by atoms with Gasteiger partial charge in [0.1, 0.15) is 12.1 Å². The van der Waals surface area contributed by atoms with E-state index in [-0.39, 0.29) is 55.1 Å². The Morgan fingerprint density at radius 2 is 1.01 bits per heavy atom. The van der Waals surface area contributed by atoms with Crippen LogP contribution in [0.1, 0.15) is 129 Å². The molecular weight excluding hydrogens is 937 g/mol. The number of esters is 2. The smallest absolute Gasteiger partial charge is 0.326 e. The zero-order chi connectivity index (χ0) is 54.1. The molecule has 15 heteroatoms. The predicted octanol–water partition coefficient (Wildman–Crippen LogP) is 10.2. The van der Waals surface area contributed by atoms with Crippen molar-refractivity contribution in [2.45, 2.75) is 127 Å². The van der Waals surface area contributed by atoms with Gasteiger partial charge in [-0.05, 0) is 146 Å². The SMILES string of the molecule is C.COC(=O)CC(N)c1cncc(-c2c(C)cccc2C)c1.COC(=O)CC(NC(=O)C(CC(C)C)n1ccc(C)cc1=O)c1cncc(-c2c(C)cccc2C)c1.Cc1ccn([C@@H](CC(C)C)C(=O)O)c(=O)c1. The predicted molar refractivity (Wildman–Crippen MR) is 292 cm³/mol. The van der Waals surface area contributed by atoms with Crippen LogP contribution in [0.3, 0.4) is 0 Å². The van der Waals surface area contributed by atoms with Crippen molar-refractivity contribution < 1.29 is 33.8 Å². The van der Waals surface area contributed by atoms with Crippen molar-refractivity contribution in [2.24, 2.45) is 17.6 Å². The molecule has 4 atom stereocenters. The maximum Gasteiger partial charge on any atom is 0.326 e. The Morgan fingerprint density at radius 3 is 1.43 bits per heavy atom. The highest BCUT2D eigenvalue weighted by molar-refractivity contribution is 5.82. The van der Waals surface area contributed by atoms with Crippen LogP contribution in [-0.4, -0.2) is 62.2 Å². The molecule has 4 N–H and O–H groups in total. The van der Waals surface area contributed by atoms with Crippen molar-refractivity contribution in [3.05, 3.63) is 175 Å². The number of benzene rings is 2. The number of carbonyl (C=O) groups excluding carboxylic acids is 3. The number of ether oxygens (including phenoxy) is 2. The number of carboxylic acids is 1. The second-order valence-electron chi connectivity index (χ2n) is 19.3. The summed E-state index contributed by atoms with van der Waals surface area (Å²) in [5.74, 6) is -1.66. The molecule has 0 spiro atoms. The highest BCUT2D eigenvalue weighted by Gasteiger charge is 2.28. The van der Waals surface area contributed by atoms with E-state index >= 15 is 0 Å². The summed E-state index contributed by atoms with van der Waals surface area (Å²) in [6.07, 6.45) is 11.2. The van der Waals surface area contributed by atoms with Crippen LogP contribution in [0.5, 0.6) is 0 Å². The highest BCUT2D eigenvalue weighted by Crippen LogP contribution is 2.31. The number of aryl methyl sites for hydroxylation is 6. The second-order valence-corrected chi connectivity index (χ2v) is 19.3. The van der Waals surface area contributed by atoms with E-state index < -0.39 is 36.1 Å². The average Bonchev–Trinajstić information content (AvgIpc) is 3.33. The molecular formula is C59H76N6O9. The molecule has 6 rings (SSSR count). The standard InChI is InChI=1S/C29H35N3O4.C17H20N2O2.C12H17NO3.CH4/c1-18(2)12-25(32-11-10-19(3)13-26(32)33)29(35)31-24(15-27(34)36-6)22-14-23(17-30-16-22)28-20(4)8-7-9-21(28)5;1-11-5-4-6-12(2)17(11)14-7-13(9-19-10-14)15(18)8-16(20)21-3;1-8(2)6-10(12(15)16)13-5-4-9(3)7-11(13)14;/h7-11,13-14,16-18,24-25H,12,15H2,1-6H3,(H,31,35);4-7,9-10,15H,8,18H2,1-3H3;4-5,7-8,10H,6H2,1-3H3,(H,15,16);1H4/t;;10-;/m..0./s1. The van der Waals surface area contributed by atoms with Gasteiger partial charge in [-0.1, -0.05) is 71.5 Å². The summed E-state index contributed by atoms with van der Waals surface area (Å²) in [7, 11) is 2.68. The van der Waals surface area contributed by atoms with Gasteiger partial charge < -0.3 is 34.8 Å². The van der Waals surface area contributed by atoms with Gasteiger partial charge in [0.2, 0.25) is 5.91 Å². The molecule has 6 aromatic rings. The Bertz CT molecular complexity index is 2940. The molecule has 74 heavy (non-hydrogen) atoms. The number of hydrogen-bond acceptors (Lipinski definition) is 11. The van der Waals surface area contributed by atoms with E-state index in [1.54, 1.807) is 37.1 Å². The molecule has 0 aliphatic heterocycles. The van der Waals surface area contributed by atoms with E-state index in [9.17, 15) is 28.8 Å². The zero-order valence-electron chi connectivity index (χ0n) is 44.3. The summed E-state index contributed by atoms with van der Waals surface area (Å²) in [6.45, 7) is 19.8. The summed E-state index contributed by atoms with van der Waals surface area (Å²) in [5, 5.41) is 12.1. The van der Waals surface area contributed by atoms with Gasteiger partial charge in [0.15, 0.2) is 0 Å². The number of hydrogen-bond donors (Lipinski definition) is 3. The minimum absolute atomic E-state index is 0. The first-order valence-corrected chi connectivity index (χ1v) is 24.4. The van der Waals surface area contributed by atoms with E-state index in [1.807, 2.05) is 104 Å². The molecule has 3 unspecified atom stereocenters. The summed E-state index contributed by atoms with van der Waals surface area (Å²) in [6, 6.07) is 20.2. The maximum atomic E-state index is 13.6. The van der Waals surface area contributed by atoms with Gasteiger partial charge in [-0.15, -0.1) is 0 Å². The zero-order valence-corrected chi connectivity index (χ0v) is 44.3. The van der Waals surface area contributed by atoms with Gasteiger partial charge in [0.25, 0.3) is 11.1 Å². The number of methoxy groups -OCH3 is 2. The Hall–Kier alpha value is -7.52. The quantitative estimate of drug-likeness (QED) is 0.0728. The number of amides is 1. The fraction of sp³-hybridized carbons (Fsp3) is 0.390. The number of pyridine rings is 4. The molecule has 0 bridgehead atoms. The number of nitrogens with one attached hydrogen (secondary N) is 1. The Morgan fingerprint density at radius 1 is 0.608 bits per heavy atom. The lowest BCUT2D eigenvalue weighted by molar-refractivity contribution is -0.142. The van der Waals surface area contributed by atoms with Crippen molar-refractivity contribution in [1.29, 1.82) is 0 Å². The van der Waals surface area contributed by atoms with E-state index in [0.717, 1.165) is 50.1 Å². The molecule has 0 radical (unpaired) electrons. The minimum Gasteiger partial charge on any atom is -0.480 e.